The van der Waals surface area contributed by atoms with E-state index in [-0.39, 0.29) is 11.5 Å². The molecule has 0 unspecified atom stereocenters. The Morgan fingerprint density at radius 3 is 2.58 bits per heavy atom. The van der Waals surface area contributed by atoms with Crippen LogP contribution in [0.3, 0.4) is 0 Å². The van der Waals surface area contributed by atoms with Gasteiger partial charge in [0.05, 0.1) is 10.2 Å². The summed E-state index contributed by atoms with van der Waals surface area (Å²) in [6.45, 7) is 0. The van der Waals surface area contributed by atoms with E-state index in [1.807, 2.05) is 24.3 Å². The molecular formula is C16H10N2O5S. The quantitative estimate of drug-likeness (QED) is 0.545. The number of aliphatic carboxylic acids is 1. The maximum absolute atomic E-state index is 12.1. The van der Waals surface area contributed by atoms with Crippen LogP contribution in [0.15, 0.2) is 53.0 Å². The monoisotopic (exact) mass is 342 g/mol. The highest BCUT2D eigenvalue weighted by atomic mass is 32.1. The molecule has 0 radical (unpaired) electrons. The van der Waals surface area contributed by atoms with E-state index in [1.54, 1.807) is 0 Å². The number of benzene rings is 1. The lowest BCUT2D eigenvalue weighted by atomic mass is 10.3. The zero-order valence-electron chi connectivity index (χ0n) is 12.1. The van der Waals surface area contributed by atoms with Crippen molar-refractivity contribution in [1.29, 1.82) is 0 Å². The number of ketones is 1. The number of hydrogen-bond donors (Lipinski definition) is 2. The van der Waals surface area contributed by atoms with E-state index < -0.39 is 17.7 Å². The van der Waals surface area contributed by atoms with Crippen LogP contribution in [-0.4, -0.2) is 27.8 Å². The summed E-state index contributed by atoms with van der Waals surface area (Å²) in [7, 11) is 0. The number of rotatable bonds is 5. The lowest BCUT2D eigenvalue weighted by molar-refractivity contribution is -0.131. The van der Waals surface area contributed by atoms with Crippen molar-refractivity contribution in [2.24, 2.45) is 0 Å². The smallest absolute Gasteiger partial charge is 0.328 e. The van der Waals surface area contributed by atoms with Crippen molar-refractivity contribution in [3.05, 3.63) is 60.1 Å². The number of thiazole rings is 1. The fourth-order valence-electron chi connectivity index (χ4n) is 1.91. The van der Waals surface area contributed by atoms with E-state index >= 15 is 0 Å². The molecule has 0 aliphatic rings. The zero-order chi connectivity index (χ0) is 17.1. The van der Waals surface area contributed by atoms with Gasteiger partial charge in [-0.25, -0.2) is 9.78 Å². The average Bonchev–Trinajstić information content (AvgIpc) is 3.18. The average molecular weight is 342 g/mol. The van der Waals surface area contributed by atoms with Gasteiger partial charge < -0.3 is 9.52 Å². The predicted octanol–water partition coefficient (Wildman–Crippen LogP) is 2.97. The third-order valence-corrected chi connectivity index (χ3v) is 3.92. The molecule has 0 atom stereocenters. The summed E-state index contributed by atoms with van der Waals surface area (Å²) in [5.74, 6) is -2.63. The number of carboxylic acids is 1. The molecular weight excluding hydrogens is 332 g/mol. The third-order valence-electron chi connectivity index (χ3n) is 2.96. The lowest BCUT2D eigenvalue weighted by Crippen LogP contribution is -2.10. The van der Waals surface area contributed by atoms with Gasteiger partial charge in [0.1, 0.15) is 0 Å². The minimum absolute atomic E-state index is 0.0682. The number of para-hydroxylation sites is 1. The second-order valence-corrected chi connectivity index (χ2v) is 5.67. The molecule has 0 bridgehead atoms. The molecule has 2 aromatic heterocycles. The first-order chi connectivity index (χ1) is 11.5. The summed E-state index contributed by atoms with van der Waals surface area (Å²) < 4.78 is 6.09. The molecule has 0 aliphatic carbocycles. The minimum Gasteiger partial charge on any atom is -0.478 e. The number of nitrogens with zero attached hydrogens (tertiary/aromatic N) is 1. The van der Waals surface area contributed by atoms with Gasteiger partial charge in [-0.1, -0.05) is 23.5 Å². The van der Waals surface area contributed by atoms with Gasteiger partial charge in [0.25, 0.3) is 5.91 Å². The number of nitrogens with one attached hydrogen (secondary N) is 1. The highest BCUT2D eigenvalue weighted by Crippen LogP contribution is 2.25. The van der Waals surface area contributed by atoms with Crippen LogP contribution in [0, 0.1) is 0 Å². The molecule has 2 N–H and O–H groups in total. The van der Waals surface area contributed by atoms with Gasteiger partial charge in [0, 0.05) is 6.08 Å². The highest BCUT2D eigenvalue weighted by Gasteiger charge is 2.16. The Kier molecular flexibility index (Phi) is 4.21. The molecule has 1 aromatic carbocycles. The molecule has 0 spiro atoms. The number of hydrogen-bond acceptors (Lipinski definition) is 6. The van der Waals surface area contributed by atoms with Crippen LogP contribution < -0.4 is 5.32 Å². The summed E-state index contributed by atoms with van der Waals surface area (Å²) in [5, 5.41) is 11.5. The number of allylic oxidation sites excluding steroid dienone is 1. The van der Waals surface area contributed by atoms with Crippen molar-refractivity contribution in [2.75, 3.05) is 5.32 Å². The van der Waals surface area contributed by atoms with Gasteiger partial charge in [0.15, 0.2) is 16.7 Å². The standard InChI is InChI=1S/C16H10N2O5S/c19-10(5-8-14(20)21)11-6-7-12(23-11)15(22)18-16-17-9-3-1-2-4-13(9)24-16/h1-8H,(H,20,21)(H,17,18,22). The van der Waals surface area contributed by atoms with Gasteiger partial charge in [-0.15, -0.1) is 0 Å². The van der Waals surface area contributed by atoms with Crippen LogP contribution in [0.25, 0.3) is 10.2 Å². The molecule has 7 nitrogen and oxygen atoms in total. The molecule has 0 fully saturated rings. The number of furan rings is 1. The van der Waals surface area contributed by atoms with Crippen LogP contribution >= 0.6 is 11.3 Å². The fraction of sp³-hybridized carbons (Fsp3) is 0. The molecule has 8 heteroatoms. The molecule has 0 aliphatic heterocycles. The van der Waals surface area contributed by atoms with Crippen molar-refractivity contribution in [3.63, 3.8) is 0 Å². The Balaban J connectivity index is 1.73. The van der Waals surface area contributed by atoms with Gasteiger partial charge in [0.2, 0.25) is 5.78 Å². The van der Waals surface area contributed by atoms with E-state index in [2.05, 4.69) is 10.3 Å². The molecule has 2 heterocycles. The Bertz CT molecular complexity index is 937. The number of amides is 1. The van der Waals surface area contributed by atoms with Crippen molar-refractivity contribution >= 4 is 44.3 Å². The van der Waals surface area contributed by atoms with Gasteiger partial charge in [-0.05, 0) is 30.3 Å². The van der Waals surface area contributed by atoms with E-state index in [9.17, 15) is 14.4 Å². The number of carbonyl (C=O) groups excluding carboxylic acids is 2. The Hall–Kier alpha value is -3.26. The fourth-order valence-corrected chi connectivity index (χ4v) is 2.77. The lowest BCUT2D eigenvalue weighted by Gasteiger charge is -1.97. The molecule has 0 saturated heterocycles. The highest BCUT2D eigenvalue weighted by molar-refractivity contribution is 7.22. The van der Waals surface area contributed by atoms with Crippen LogP contribution in [0.4, 0.5) is 5.13 Å². The maximum atomic E-state index is 12.1. The number of aromatic nitrogens is 1. The van der Waals surface area contributed by atoms with Crippen molar-refractivity contribution in [1.82, 2.24) is 4.98 Å². The number of fused-ring (bicyclic) bond motifs is 1. The van der Waals surface area contributed by atoms with Crippen molar-refractivity contribution in [2.45, 2.75) is 0 Å². The van der Waals surface area contributed by atoms with Crippen molar-refractivity contribution in [3.8, 4) is 0 Å². The second-order valence-electron chi connectivity index (χ2n) is 4.64. The molecule has 120 valence electrons. The van der Waals surface area contributed by atoms with E-state index in [4.69, 9.17) is 9.52 Å². The summed E-state index contributed by atoms with van der Waals surface area (Å²) in [6.07, 6.45) is 1.56. The predicted molar refractivity (Wildman–Crippen MR) is 87.4 cm³/mol. The first kappa shape index (κ1) is 15.6. The van der Waals surface area contributed by atoms with Crippen molar-refractivity contribution < 1.29 is 23.9 Å². The first-order valence-electron chi connectivity index (χ1n) is 6.75. The Labute approximate surface area is 139 Å². The summed E-state index contributed by atoms with van der Waals surface area (Å²) in [6, 6.07) is 10.1. The molecule has 24 heavy (non-hydrogen) atoms. The number of carboxylic acid groups (broad SMARTS) is 1. The normalized spacial score (nSPS) is 11.0. The molecule has 1 amide bonds. The Morgan fingerprint density at radius 2 is 1.83 bits per heavy atom. The van der Waals surface area contributed by atoms with Crippen LogP contribution in [0.2, 0.25) is 0 Å². The van der Waals surface area contributed by atoms with Crippen LogP contribution in [-0.2, 0) is 4.79 Å². The van der Waals surface area contributed by atoms with Gasteiger partial charge >= 0.3 is 5.97 Å². The SMILES string of the molecule is O=C(O)C=CC(=O)c1ccc(C(=O)Nc2nc3ccccc3s2)o1. The second kappa shape index (κ2) is 6.47. The topological polar surface area (TPSA) is 110 Å². The molecule has 0 saturated carbocycles. The van der Waals surface area contributed by atoms with Gasteiger partial charge in [-0.2, -0.15) is 0 Å². The zero-order valence-corrected chi connectivity index (χ0v) is 12.9. The maximum Gasteiger partial charge on any atom is 0.328 e. The summed E-state index contributed by atoms with van der Waals surface area (Å²) in [4.78, 5) is 38.5. The number of anilines is 1. The molecule has 3 rings (SSSR count). The largest absolute Gasteiger partial charge is 0.478 e. The third kappa shape index (κ3) is 3.39. The minimum atomic E-state index is -1.25. The number of carbonyl (C=O) groups is 3. The van der Waals surface area contributed by atoms with E-state index in [0.29, 0.717) is 11.2 Å². The Morgan fingerprint density at radius 1 is 1.08 bits per heavy atom. The van der Waals surface area contributed by atoms with Gasteiger partial charge in [-0.3, -0.25) is 14.9 Å². The summed E-state index contributed by atoms with van der Waals surface area (Å²) in [5.41, 5.74) is 0.770. The van der Waals surface area contributed by atoms with E-state index in [0.717, 1.165) is 16.3 Å². The van der Waals surface area contributed by atoms with E-state index in [1.165, 1.54) is 23.5 Å². The first-order valence-corrected chi connectivity index (χ1v) is 7.56. The summed E-state index contributed by atoms with van der Waals surface area (Å²) >= 11 is 1.32. The van der Waals surface area contributed by atoms with Crippen LogP contribution in [0.1, 0.15) is 21.1 Å². The molecule has 3 aromatic rings. The van der Waals surface area contributed by atoms with Crippen LogP contribution in [0.5, 0.6) is 0 Å².